The predicted molar refractivity (Wildman–Crippen MR) is 75.3 cm³/mol. The maximum atomic E-state index is 12.3. The third kappa shape index (κ3) is 2.96. The first kappa shape index (κ1) is 14.5. The lowest BCUT2D eigenvalue weighted by Crippen LogP contribution is -2.35. The summed E-state index contributed by atoms with van der Waals surface area (Å²) in [7, 11) is 1.75. The highest BCUT2D eigenvalue weighted by Crippen LogP contribution is 2.25. The monoisotopic (exact) mass is 277 g/mol. The molecule has 0 aliphatic carbocycles. The molecule has 1 aliphatic heterocycles. The van der Waals surface area contributed by atoms with E-state index in [-0.39, 0.29) is 23.6 Å². The first-order chi connectivity index (χ1) is 9.50. The Labute approximate surface area is 117 Å². The van der Waals surface area contributed by atoms with Crippen molar-refractivity contribution in [1.82, 2.24) is 10.2 Å². The van der Waals surface area contributed by atoms with E-state index < -0.39 is 4.92 Å². The molecule has 1 aromatic rings. The van der Waals surface area contributed by atoms with Gasteiger partial charge in [-0.2, -0.15) is 0 Å². The summed E-state index contributed by atoms with van der Waals surface area (Å²) in [5.41, 5.74) is 0.832. The molecular weight excluding hydrogens is 258 g/mol. The van der Waals surface area contributed by atoms with Gasteiger partial charge in [-0.1, -0.05) is 12.1 Å². The summed E-state index contributed by atoms with van der Waals surface area (Å²) in [6, 6.07) is 6.27. The van der Waals surface area contributed by atoms with Crippen molar-refractivity contribution in [2.45, 2.75) is 19.4 Å². The molecule has 0 saturated carbocycles. The van der Waals surface area contributed by atoms with Crippen molar-refractivity contribution in [3.05, 3.63) is 39.9 Å². The summed E-state index contributed by atoms with van der Waals surface area (Å²) >= 11 is 0. The van der Waals surface area contributed by atoms with Gasteiger partial charge < -0.3 is 10.2 Å². The van der Waals surface area contributed by atoms with Crippen molar-refractivity contribution in [3.63, 3.8) is 0 Å². The Morgan fingerprint density at radius 1 is 1.55 bits per heavy atom. The number of rotatable bonds is 4. The van der Waals surface area contributed by atoms with E-state index in [1.165, 1.54) is 12.1 Å². The minimum Gasteiger partial charge on any atom is -0.339 e. The number of nitrogens with one attached hydrogen (secondary N) is 1. The third-order valence-electron chi connectivity index (χ3n) is 3.90. The van der Waals surface area contributed by atoms with E-state index in [4.69, 9.17) is 0 Å². The standard InChI is InChI=1S/C14H19N3O3/c1-10(11-4-3-5-13(8-11)17(19)20)16(2)14(18)12-6-7-15-9-12/h3-5,8,10,12,15H,6-7,9H2,1-2H3. The molecule has 0 bridgehead atoms. The lowest BCUT2D eigenvalue weighted by Gasteiger charge is -2.27. The number of benzene rings is 1. The zero-order chi connectivity index (χ0) is 14.7. The fourth-order valence-electron chi connectivity index (χ4n) is 2.47. The number of hydrogen-bond donors (Lipinski definition) is 1. The van der Waals surface area contributed by atoms with E-state index in [9.17, 15) is 14.9 Å². The van der Waals surface area contributed by atoms with E-state index in [1.54, 1.807) is 18.0 Å². The molecule has 0 radical (unpaired) electrons. The number of carbonyl (C=O) groups excluding carboxylic acids is 1. The summed E-state index contributed by atoms with van der Waals surface area (Å²) < 4.78 is 0. The average Bonchev–Trinajstić information content (AvgIpc) is 2.99. The Balaban J connectivity index is 2.13. The van der Waals surface area contributed by atoms with Gasteiger partial charge in [0.05, 0.1) is 16.9 Å². The molecular formula is C14H19N3O3. The highest BCUT2D eigenvalue weighted by Gasteiger charge is 2.28. The van der Waals surface area contributed by atoms with E-state index in [1.807, 2.05) is 13.0 Å². The lowest BCUT2D eigenvalue weighted by molar-refractivity contribution is -0.384. The van der Waals surface area contributed by atoms with Crippen LogP contribution in [0.25, 0.3) is 0 Å². The fourth-order valence-corrected chi connectivity index (χ4v) is 2.47. The molecule has 1 fully saturated rings. The average molecular weight is 277 g/mol. The van der Waals surface area contributed by atoms with Crippen LogP contribution < -0.4 is 5.32 Å². The van der Waals surface area contributed by atoms with Gasteiger partial charge in [0.2, 0.25) is 5.91 Å². The van der Waals surface area contributed by atoms with E-state index in [2.05, 4.69) is 5.32 Å². The molecule has 1 saturated heterocycles. The Kier molecular flexibility index (Phi) is 4.34. The molecule has 108 valence electrons. The SMILES string of the molecule is CC(c1cccc([N+](=O)[O-])c1)N(C)C(=O)C1CCNC1. The Morgan fingerprint density at radius 2 is 2.30 bits per heavy atom. The fraction of sp³-hybridized carbons (Fsp3) is 0.500. The molecule has 2 rings (SSSR count). The second-order valence-electron chi connectivity index (χ2n) is 5.17. The van der Waals surface area contributed by atoms with Crippen molar-refractivity contribution >= 4 is 11.6 Å². The Morgan fingerprint density at radius 3 is 2.90 bits per heavy atom. The number of amides is 1. The quantitative estimate of drug-likeness (QED) is 0.671. The summed E-state index contributed by atoms with van der Waals surface area (Å²) in [5.74, 6) is 0.107. The molecule has 1 aromatic carbocycles. The minimum atomic E-state index is -0.418. The van der Waals surface area contributed by atoms with Crippen LogP contribution in [0.15, 0.2) is 24.3 Å². The van der Waals surface area contributed by atoms with E-state index in [0.717, 1.165) is 18.5 Å². The number of carbonyl (C=O) groups is 1. The maximum Gasteiger partial charge on any atom is 0.269 e. The number of hydrogen-bond acceptors (Lipinski definition) is 4. The van der Waals surface area contributed by atoms with Crippen LogP contribution >= 0.6 is 0 Å². The molecule has 6 heteroatoms. The topological polar surface area (TPSA) is 75.5 Å². The zero-order valence-electron chi connectivity index (χ0n) is 11.7. The Bertz CT molecular complexity index is 512. The highest BCUT2D eigenvalue weighted by atomic mass is 16.6. The van der Waals surface area contributed by atoms with Gasteiger partial charge in [-0.05, 0) is 25.5 Å². The first-order valence-electron chi connectivity index (χ1n) is 6.72. The van der Waals surface area contributed by atoms with Crippen LogP contribution in [-0.2, 0) is 4.79 Å². The van der Waals surface area contributed by atoms with E-state index >= 15 is 0 Å². The van der Waals surface area contributed by atoms with Crippen molar-refractivity contribution in [2.24, 2.45) is 5.92 Å². The molecule has 1 N–H and O–H groups in total. The van der Waals surface area contributed by atoms with E-state index in [0.29, 0.717) is 6.54 Å². The normalized spacial score (nSPS) is 19.6. The van der Waals surface area contributed by atoms with Gasteiger partial charge in [-0.3, -0.25) is 14.9 Å². The van der Waals surface area contributed by atoms with Gasteiger partial charge in [-0.15, -0.1) is 0 Å². The van der Waals surface area contributed by atoms with Gasteiger partial charge in [0.15, 0.2) is 0 Å². The molecule has 6 nitrogen and oxygen atoms in total. The number of nitrogens with zero attached hydrogens (tertiary/aromatic N) is 2. The largest absolute Gasteiger partial charge is 0.339 e. The maximum absolute atomic E-state index is 12.3. The smallest absolute Gasteiger partial charge is 0.269 e. The number of nitro benzene ring substituents is 1. The molecule has 1 amide bonds. The van der Waals surface area contributed by atoms with Crippen LogP contribution in [0.5, 0.6) is 0 Å². The first-order valence-corrected chi connectivity index (χ1v) is 6.72. The second kappa shape index (κ2) is 6.00. The van der Waals surface area contributed by atoms with Crippen molar-refractivity contribution in [1.29, 1.82) is 0 Å². The second-order valence-corrected chi connectivity index (χ2v) is 5.17. The van der Waals surface area contributed by atoms with Crippen LogP contribution in [-0.4, -0.2) is 35.9 Å². The van der Waals surface area contributed by atoms with Crippen LogP contribution in [0.3, 0.4) is 0 Å². The van der Waals surface area contributed by atoms with Crippen LogP contribution in [0.1, 0.15) is 24.9 Å². The van der Waals surface area contributed by atoms with Crippen molar-refractivity contribution < 1.29 is 9.72 Å². The molecule has 0 spiro atoms. The summed E-state index contributed by atoms with van der Waals surface area (Å²) in [5, 5.41) is 14.0. The highest BCUT2D eigenvalue weighted by molar-refractivity contribution is 5.79. The summed E-state index contributed by atoms with van der Waals surface area (Å²) in [6.45, 7) is 3.47. The van der Waals surface area contributed by atoms with Gasteiger partial charge in [0.25, 0.3) is 5.69 Å². The van der Waals surface area contributed by atoms with Gasteiger partial charge in [-0.25, -0.2) is 0 Å². The van der Waals surface area contributed by atoms with Gasteiger partial charge >= 0.3 is 0 Å². The predicted octanol–water partition coefficient (Wildman–Crippen LogP) is 1.72. The van der Waals surface area contributed by atoms with Gasteiger partial charge in [0, 0.05) is 25.7 Å². The molecule has 1 aliphatic rings. The molecule has 0 aromatic heterocycles. The minimum absolute atomic E-state index is 0.0150. The van der Waals surface area contributed by atoms with Gasteiger partial charge in [0.1, 0.15) is 0 Å². The molecule has 2 unspecified atom stereocenters. The zero-order valence-corrected chi connectivity index (χ0v) is 11.7. The summed E-state index contributed by atoms with van der Waals surface area (Å²) in [6.07, 6.45) is 0.852. The number of non-ortho nitro benzene ring substituents is 1. The summed E-state index contributed by atoms with van der Waals surface area (Å²) in [4.78, 5) is 24.4. The molecule has 2 atom stereocenters. The molecule has 1 heterocycles. The molecule has 20 heavy (non-hydrogen) atoms. The van der Waals surface area contributed by atoms with Crippen LogP contribution in [0.4, 0.5) is 5.69 Å². The number of nitro groups is 1. The van der Waals surface area contributed by atoms with Crippen LogP contribution in [0, 0.1) is 16.0 Å². The Hall–Kier alpha value is -1.95. The van der Waals surface area contributed by atoms with Crippen molar-refractivity contribution in [3.8, 4) is 0 Å². The third-order valence-corrected chi connectivity index (χ3v) is 3.90. The van der Waals surface area contributed by atoms with Crippen LogP contribution in [0.2, 0.25) is 0 Å². The van der Waals surface area contributed by atoms with Crippen molar-refractivity contribution in [2.75, 3.05) is 20.1 Å². The lowest BCUT2D eigenvalue weighted by atomic mass is 10.0.